The fourth-order valence-electron chi connectivity index (χ4n) is 3.18. The van der Waals surface area contributed by atoms with Crippen molar-refractivity contribution in [2.75, 3.05) is 0 Å². The molecule has 3 nitrogen and oxygen atoms in total. The number of hydrogen-bond acceptors (Lipinski definition) is 2. The molecule has 1 aromatic rings. The number of nitrogens with two attached hydrogens (primary N) is 1. The van der Waals surface area contributed by atoms with E-state index in [9.17, 15) is 4.79 Å². The maximum absolute atomic E-state index is 12.2. The Kier molecular flexibility index (Phi) is 5.18. The van der Waals surface area contributed by atoms with Crippen LogP contribution in [0.4, 0.5) is 0 Å². The van der Waals surface area contributed by atoms with Crippen LogP contribution in [0.2, 0.25) is 0 Å². The highest BCUT2D eigenvalue weighted by Gasteiger charge is 2.24. The first-order valence-corrected chi connectivity index (χ1v) is 7.68. The van der Waals surface area contributed by atoms with Crippen LogP contribution in [0.15, 0.2) is 24.3 Å². The molecule has 3 heteroatoms. The van der Waals surface area contributed by atoms with E-state index in [1.54, 1.807) is 0 Å². The van der Waals surface area contributed by atoms with Gasteiger partial charge in [0.1, 0.15) is 0 Å². The van der Waals surface area contributed by atoms with E-state index in [-0.39, 0.29) is 18.0 Å². The first-order chi connectivity index (χ1) is 9.58. The second kappa shape index (κ2) is 6.89. The molecule has 3 atom stereocenters. The lowest BCUT2D eigenvalue weighted by molar-refractivity contribution is -0.123. The van der Waals surface area contributed by atoms with Crippen LogP contribution in [0.1, 0.15) is 56.2 Å². The summed E-state index contributed by atoms with van der Waals surface area (Å²) in [4.78, 5) is 12.2. The van der Waals surface area contributed by atoms with Gasteiger partial charge in [-0.2, -0.15) is 0 Å². The third-order valence-electron chi connectivity index (χ3n) is 4.45. The van der Waals surface area contributed by atoms with Gasteiger partial charge in [-0.15, -0.1) is 0 Å². The molecule has 0 saturated heterocycles. The molecule has 20 heavy (non-hydrogen) atoms. The summed E-state index contributed by atoms with van der Waals surface area (Å²) >= 11 is 0. The predicted molar refractivity (Wildman–Crippen MR) is 82.3 cm³/mol. The lowest BCUT2D eigenvalue weighted by atomic mass is 9.83. The van der Waals surface area contributed by atoms with Gasteiger partial charge in [0.15, 0.2) is 0 Å². The molecule has 1 aliphatic carbocycles. The number of benzene rings is 1. The SMILES string of the molecule is Cc1ccccc1C(C)NC(=O)CC1CCCCC1N. The summed E-state index contributed by atoms with van der Waals surface area (Å²) in [6, 6.07) is 8.45. The smallest absolute Gasteiger partial charge is 0.220 e. The predicted octanol–water partition coefficient (Wildman–Crippen LogP) is 3.08. The van der Waals surface area contributed by atoms with Crippen molar-refractivity contribution in [2.24, 2.45) is 11.7 Å². The van der Waals surface area contributed by atoms with Gasteiger partial charge in [0.25, 0.3) is 0 Å². The summed E-state index contributed by atoms with van der Waals surface area (Å²) in [6.07, 6.45) is 5.13. The van der Waals surface area contributed by atoms with Gasteiger partial charge in [-0.05, 0) is 43.7 Å². The molecule has 3 unspecified atom stereocenters. The molecule has 0 bridgehead atoms. The number of carbonyl (C=O) groups is 1. The van der Waals surface area contributed by atoms with Crippen molar-refractivity contribution in [2.45, 2.75) is 58.0 Å². The Morgan fingerprint density at radius 1 is 1.35 bits per heavy atom. The van der Waals surface area contributed by atoms with Crippen LogP contribution in [-0.2, 0) is 4.79 Å². The van der Waals surface area contributed by atoms with Crippen molar-refractivity contribution >= 4 is 5.91 Å². The van der Waals surface area contributed by atoms with Gasteiger partial charge in [0.2, 0.25) is 5.91 Å². The summed E-state index contributed by atoms with van der Waals surface area (Å²) in [5.74, 6) is 0.482. The highest BCUT2D eigenvalue weighted by atomic mass is 16.1. The summed E-state index contributed by atoms with van der Waals surface area (Å²) in [5, 5.41) is 3.11. The van der Waals surface area contributed by atoms with Crippen LogP contribution in [0.25, 0.3) is 0 Å². The average Bonchev–Trinajstić information content (AvgIpc) is 2.41. The largest absolute Gasteiger partial charge is 0.350 e. The number of hydrogen-bond donors (Lipinski definition) is 2. The molecule has 0 aliphatic heterocycles. The fourth-order valence-corrected chi connectivity index (χ4v) is 3.18. The third-order valence-corrected chi connectivity index (χ3v) is 4.45. The summed E-state index contributed by atoms with van der Waals surface area (Å²) in [6.45, 7) is 4.12. The van der Waals surface area contributed by atoms with Gasteiger partial charge < -0.3 is 11.1 Å². The first-order valence-electron chi connectivity index (χ1n) is 7.68. The van der Waals surface area contributed by atoms with E-state index in [2.05, 4.69) is 24.4 Å². The topological polar surface area (TPSA) is 55.1 Å². The van der Waals surface area contributed by atoms with Gasteiger partial charge >= 0.3 is 0 Å². The minimum Gasteiger partial charge on any atom is -0.350 e. The van der Waals surface area contributed by atoms with E-state index in [0.717, 1.165) is 12.8 Å². The second-order valence-corrected chi connectivity index (χ2v) is 6.06. The van der Waals surface area contributed by atoms with Gasteiger partial charge in [-0.1, -0.05) is 37.1 Å². The molecule has 0 aromatic heterocycles. The van der Waals surface area contributed by atoms with Crippen molar-refractivity contribution in [3.05, 3.63) is 35.4 Å². The second-order valence-electron chi connectivity index (χ2n) is 6.06. The molecule has 0 spiro atoms. The summed E-state index contributed by atoms with van der Waals surface area (Å²) in [7, 11) is 0. The molecule has 1 fully saturated rings. The normalized spacial score (nSPS) is 24.1. The highest BCUT2D eigenvalue weighted by Crippen LogP contribution is 2.26. The Morgan fingerprint density at radius 3 is 2.75 bits per heavy atom. The van der Waals surface area contributed by atoms with Crippen LogP contribution in [0, 0.1) is 12.8 Å². The lowest BCUT2D eigenvalue weighted by Gasteiger charge is -2.28. The minimum atomic E-state index is 0.0588. The van der Waals surface area contributed by atoms with Crippen LogP contribution in [0.3, 0.4) is 0 Å². The maximum atomic E-state index is 12.2. The molecule has 1 saturated carbocycles. The van der Waals surface area contributed by atoms with Crippen LogP contribution in [-0.4, -0.2) is 11.9 Å². The molecule has 0 heterocycles. The molecule has 110 valence electrons. The van der Waals surface area contributed by atoms with E-state index < -0.39 is 0 Å². The van der Waals surface area contributed by atoms with Crippen molar-refractivity contribution in [1.29, 1.82) is 0 Å². The van der Waals surface area contributed by atoms with Crippen LogP contribution >= 0.6 is 0 Å². The number of aryl methyl sites for hydroxylation is 1. The zero-order chi connectivity index (χ0) is 14.5. The zero-order valence-corrected chi connectivity index (χ0v) is 12.6. The monoisotopic (exact) mass is 274 g/mol. The summed E-state index contributed by atoms with van der Waals surface area (Å²) in [5.41, 5.74) is 8.52. The molecule has 2 rings (SSSR count). The minimum absolute atomic E-state index is 0.0588. The van der Waals surface area contributed by atoms with Crippen molar-refractivity contribution < 1.29 is 4.79 Å². The third kappa shape index (κ3) is 3.83. The number of nitrogens with one attached hydrogen (secondary N) is 1. The van der Waals surface area contributed by atoms with E-state index in [0.29, 0.717) is 12.3 Å². The fraction of sp³-hybridized carbons (Fsp3) is 0.588. The number of amides is 1. The Hall–Kier alpha value is -1.35. The molecule has 3 N–H and O–H groups in total. The number of rotatable bonds is 4. The Balaban J connectivity index is 1.89. The van der Waals surface area contributed by atoms with Gasteiger partial charge in [-0.25, -0.2) is 0 Å². The summed E-state index contributed by atoms with van der Waals surface area (Å²) < 4.78 is 0. The molecule has 0 radical (unpaired) electrons. The average molecular weight is 274 g/mol. The van der Waals surface area contributed by atoms with E-state index >= 15 is 0 Å². The highest BCUT2D eigenvalue weighted by molar-refractivity contribution is 5.76. The van der Waals surface area contributed by atoms with E-state index in [4.69, 9.17) is 5.73 Å². The van der Waals surface area contributed by atoms with Crippen molar-refractivity contribution in [3.63, 3.8) is 0 Å². The van der Waals surface area contributed by atoms with Gasteiger partial charge in [-0.3, -0.25) is 4.79 Å². The number of carbonyl (C=O) groups excluding carboxylic acids is 1. The molecule has 1 amide bonds. The Bertz CT molecular complexity index is 458. The van der Waals surface area contributed by atoms with E-state index in [1.165, 1.54) is 24.0 Å². The molecular weight excluding hydrogens is 248 g/mol. The maximum Gasteiger partial charge on any atom is 0.220 e. The quantitative estimate of drug-likeness (QED) is 0.886. The van der Waals surface area contributed by atoms with E-state index in [1.807, 2.05) is 19.1 Å². The zero-order valence-electron chi connectivity index (χ0n) is 12.6. The lowest BCUT2D eigenvalue weighted by Crippen LogP contribution is -2.37. The van der Waals surface area contributed by atoms with Crippen LogP contribution in [0.5, 0.6) is 0 Å². The molecule has 1 aliphatic rings. The van der Waals surface area contributed by atoms with Crippen molar-refractivity contribution in [3.8, 4) is 0 Å². The Morgan fingerprint density at radius 2 is 2.05 bits per heavy atom. The van der Waals surface area contributed by atoms with Gasteiger partial charge in [0, 0.05) is 12.5 Å². The molecule has 1 aromatic carbocycles. The van der Waals surface area contributed by atoms with Crippen molar-refractivity contribution in [1.82, 2.24) is 5.32 Å². The Labute approximate surface area is 121 Å². The van der Waals surface area contributed by atoms with Crippen LogP contribution < -0.4 is 11.1 Å². The molecular formula is C17H26N2O. The first kappa shape index (κ1) is 15.0. The van der Waals surface area contributed by atoms with Gasteiger partial charge in [0.05, 0.1) is 6.04 Å². The standard InChI is InChI=1S/C17H26N2O/c1-12-7-3-5-9-15(12)13(2)19-17(20)11-14-8-4-6-10-16(14)18/h3,5,7,9,13-14,16H,4,6,8,10-11,18H2,1-2H3,(H,19,20).